The van der Waals surface area contributed by atoms with E-state index in [2.05, 4.69) is 55.4 Å². The second-order valence-corrected chi connectivity index (χ2v) is 23.2. The molecule has 0 aliphatic carbocycles. The van der Waals surface area contributed by atoms with Gasteiger partial charge in [0.1, 0.15) is 0 Å². The van der Waals surface area contributed by atoms with Crippen LogP contribution < -0.4 is 0 Å². The van der Waals surface area contributed by atoms with E-state index in [1.165, 1.54) is 50.0 Å². The van der Waals surface area contributed by atoms with Crippen molar-refractivity contribution in [3.8, 4) is 0 Å². The topological polar surface area (TPSA) is 196 Å². The second kappa shape index (κ2) is 27.5. The lowest BCUT2D eigenvalue weighted by Crippen LogP contribution is -2.64. The van der Waals surface area contributed by atoms with Crippen LogP contribution in [0.3, 0.4) is 0 Å². The molecule has 2 saturated heterocycles. The van der Waals surface area contributed by atoms with Crippen molar-refractivity contribution in [2.45, 2.75) is 266 Å². The molecule has 0 aromatic heterocycles. The molecule has 2 heterocycles. The second-order valence-electron chi connectivity index (χ2n) is 23.2. The monoisotopic (exact) mass is 911 g/mol. The summed E-state index contributed by atoms with van der Waals surface area (Å²) in [4.78, 5) is 53.3. The average Bonchev–Trinajstić information content (AvgIpc) is 3.17. The lowest BCUT2D eigenvalue weighted by atomic mass is 9.57. The van der Waals surface area contributed by atoms with Crippen LogP contribution in [0.5, 0.6) is 0 Å². The summed E-state index contributed by atoms with van der Waals surface area (Å²) in [6.45, 7) is 24.2. The molecule has 0 radical (unpaired) electrons. The first-order valence-electron chi connectivity index (χ1n) is 25.5. The SMILES string of the molecule is CC(C)CCCCCCCCCCC(CCCCCCCCCCC(C)C)(C(=O)O)C(C(=O)O)C(C(=O)O)C(C(=O)O)C1CCC(C)(C)N(O)C1(C)C.CC1(C)CCCC(C)(C)N1O. The Labute approximate surface area is 389 Å². The number of hydroxylamine groups is 4. The fourth-order valence-corrected chi connectivity index (χ4v) is 11.2. The van der Waals surface area contributed by atoms with Crippen molar-refractivity contribution in [2.24, 2.45) is 40.9 Å². The number of rotatable bonds is 30. The van der Waals surface area contributed by atoms with Gasteiger partial charge in [-0.3, -0.25) is 19.2 Å². The predicted octanol–water partition coefficient (Wildman–Crippen LogP) is 13.4. The molecule has 12 heteroatoms. The van der Waals surface area contributed by atoms with Crippen molar-refractivity contribution in [1.82, 2.24) is 10.1 Å². The lowest BCUT2D eigenvalue weighted by Gasteiger charge is -2.55. The number of aliphatic carboxylic acids is 4. The van der Waals surface area contributed by atoms with E-state index >= 15 is 0 Å². The fraction of sp³-hybridized carbons (Fsp3) is 0.923. The van der Waals surface area contributed by atoms with Gasteiger partial charge in [-0.05, 0) is 118 Å². The summed E-state index contributed by atoms with van der Waals surface area (Å²) in [7, 11) is 0. The van der Waals surface area contributed by atoms with Gasteiger partial charge in [0.2, 0.25) is 0 Å². The molecule has 4 unspecified atom stereocenters. The van der Waals surface area contributed by atoms with E-state index in [0.717, 1.165) is 69.3 Å². The van der Waals surface area contributed by atoms with Crippen LogP contribution >= 0.6 is 0 Å². The van der Waals surface area contributed by atoms with E-state index in [4.69, 9.17) is 0 Å². The first-order chi connectivity index (χ1) is 29.6. The third kappa shape index (κ3) is 18.4. The van der Waals surface area contributed by atoms with E-state index in [-0.39, 0.29) is 30.3 Å². The summed E-state index contributed by atoms with van der Waals surface area (Å²) in [5, 5.41) is 66.9. The Bertz CT molecular complexity index is 1350. The zero-order valence-electron chi connectivity index (χ0n) is 42.9. The van der Waals surface area contributed by atoms with Gasteiger partial charge in [-0.25, -0.2) is 0 Å². The molecule has 0 bridgehead atoms. The smallest absolute Gasteiger partial charge is 0.310 e. The maximum Gasteiger partial charge on any atom is 0.310 e. The van der Waals surface area contributed by atoms with Crippen LogP contribution in [0.4, 0.5) is 0 Å². The molecule has 2 aliphatic rings. The van der Waals surface area contributed by atoms with Gasteiger partial charge >= 0.3 is 23.9 Å². The van der Waals surface area contributed by atoms with Crippen LogP contribution in [0.25, 0.3) is 0 Å². The Morgan fingerprint density at radius 3 is 1.19 bits per heavy atom. The minimum Gasteiger partial charge on any atom is -0.481 e. The van der Waals surface area contributed by atoms with Crippen LogP contribution in [-0.4, -0.2) is 87.0 Å². The number of carbonyl (C=O) groups is 4. The number of unbranched alkanes of at least 4 members (excludes halogenated alkanes) is 14. The number of hydrogen-bond acceptors (Lipinski definition) is 8. The van der Waals surface area contributed by atoms with Gasteiger partial charge in [-0.15, -0.1) is 0 Å². The molecule has 12 nitrogen and oxygen atoms in total. The Balaban J connectivity index is 0.00000161. The van der Waals surface area contributed by atoms with Crippen molar-refractivity contribution >= 4 is 23.9 Å². The van der Waals surface area contributed by atoms with Gasteiger partial charge in [0.15, 0.2) is 0 Å². The average molecular weight is 911 g/mol. The standard InChI is InChI=1S/C43H79NO9.C9H19NO/c1-31(2)25-21-17-13-9-11-15-19-23-28-43(40(51)52,29-24-20-16-12-10-14-18-22-26-32(3)4)36(39(49)50)35(38(47)48)34(37(45)46)33-27-30-41(5,6)44(53)42(33,7)8;1-8(2)6-5-7-9(3,4)10(8)11/h31-36,53H,9-30H2,1-8H3,(H,45,46)(H,47,48)(H,49,50)(H,51,52);11H,5-7H2,1-4H3. The van der Waals surface area contributed by atoms with Gasteiger partial charge in [0, 0.05) is 22.2 Å². The van der Waals surface area contributed by atoms with Crippen molar-refractivity contribution in [3.05, 3.63) is 0 Å². The number of carboxylic acids is 4. The van der Waals surface area contributed by atoms with Gasteiger partial charge in [0.05, 0.1) is 23.2 Å². The molecule has 64 heavy (non-hydrogen) atoms. The van der Waals surface area contributed by atoms with Gasteiger partial charge in [0.25, 0.3) is 0 Å². The van der Waals surface area contributed by atoms with E-state index in [1.54, 1.807) is 13.8 Å². The minimum atomic E-state index is -2.02. The lowest BCUT2D eigenvalue weighted by molar-refractivity contribution is -0.267. The highest BCUT2D eigenvalue weighted by Crippen LogP contribution is 2.52. The van der Waals surface area contributed by atoms with E-state index in [1.807, 2.05) is 13.8 Å². The largest absolute Gasteiger partial charge is 0.481 e. The summed E-state index contributed by atoms with van der Waals surface area (Å²) in [6, 6.07) is 0. The number of hydrogen-bond donors (Lipinski definition) is 6. The van der Waals surface area contributed by atoms with Crippen LogP contribution in [0.1, 0.15) is 244 Å². The van der Waals surface area contributed by atoms with E-state index in [9.17, 15) is 50.0 Å². The zero-order valence-corrected chi connectivity index (χ0v) is 42.9. The van der Waals surface area contributed by atoms with Crippen molar-refractivity contribution in [3.63, 3.8) is 0 Å². The summed E-state index contributed by atoms with van der Waals surface area (Å²) in [6.07, 6.45) is 21.5. The number of carboxylic acid groups (broad SMARTS) is 4. The fourth-order valence-electron chi connectivity index (χ4n) is 11.2. The molecule has 0 aromatic rings. The quantitative estimate of drug-likeness (QED) is 0.0374. The van der Waals surface area contributed by atoms with E-state index in [0.29, 0.717) is 43.9 Å². The number of piperidine rings is 2. The molecule has 2 aliphatic heterocycles. The van der Waals surface area contributed by atoms with Crippen molar-refractivity contribution < 1.29 is 50.0 Å². The zero-order chi connectivity index (χ0) is 49.1. The summed E-state index contributed by atoms with van der Waals surface area (Å²) in [5.41, 5.74) is -3.99. The molecule has 0 amide bonds. The molecule has 0 aromatic carbocycles. The van der Waals surface area contributed by atoms with Gasteiger partial charge in [-0.1, -0.05) is 143 Å². The molecule has 0 spiro atoms. The highest BCUT2D eigenvalue weighted by Gasteiger charge is 2.61. The Hall–Kier alpha value is -2.28. The normalized spacial score (nSPS) is 21.2. The van der Waals surface area contributed by atoms with Crippen LogP contribution in [-0.2, 0) is 19.2 Å². The Morgan fingerprint density at radius 2 is 0.875 bits per heavy atom. The van der Waals surface area contributed by atoms with E-state index < -0.39 is 64.0 Å². The van der Waals surface area contributed by atoms with Crippen molar-refractivity contribution in [2.75, 3.05) is 0 Å². The van der Waals surface area contributed by atoms with Gasteiger partial charge < -0.3 is 30.8 Å². The summed E-state index contributed by atoms with van der Waals surface area (Å²) >= 11 is 0. The molecule has 0 saturated carbocycles. The maximum atomic E-state index is 13.5. The van der Waals surface area contributed by atoms with Gasteiger partial charge in [-0.2, -0.15) is 10.1 Å². The first kappa shape index (κ1) is 59.7. The summed E-state index contributed by atoms with van der Waals surface area (Å²) < 4.78 is 0. The Kier molecular flexibility index (Phi) is 25.7. The van der Waals surface area contributed by atoms with Crippen LogP contribution in [0.2, 0.25) is 0 Å². The third-order valence-electron chi connectivity index (χ3n) is 15.2. The van der Waals surface area contributed by atoms with Crippen LogP contribution in [0, 0.1) is 40.9 Å². The highest BCUT2D eigenvalue weighted by atomic mass is 16.5. The highest BCUT2D eigenvalue weighted by molar-refractivity contribution is 5.90. The van der Waals surface area contributed by atoms with Crippen molar-refractivity contribution in [1.29, 1.82) is 0 Å². The molecular formula is C52H98N2O10. The summed E-state index contributed by atoms with van der Waals surface area (Å²) in [5.74, 6) is -11.4. The maximum absolute atomic E-state index is 13.5. The third-order valence-corrected chi connectivity index (χ3v) is 15.2. The molecule has 376 valence electrons. The predicted molar refractivity (Wildman–Crippen MR) is 256 cm³/mol. The molecule has 2 fully saturated rings. The first-order valence-corrected chi connectivity index (χ1v) is 25.5. The molecular weight excluding hydrogens is 813 g/mol. The minimum absolute atomic E-state index is 0.0348. The van der Waals surface area contributed by atoms with Crippen LogP contribution in [0.15, 0.2) is 0 Å². The number of nitrogens with zero attached hydrogens (tertiary/aromatic N) is 2. The molecule has 2 rings (SSSR count). The Morgan fingerprint density at radius 1 is 0.516 bits per heavy atom. The molecule has 6 N–H and O–H groups in total. The molecule has 4 atom stereocenters.